The summed E-state index contributed by atoms with van der Waals surface area (Å²) in [5, 5.41) is 9.47. The van der Waals surface area contributed by atoms with Crippen molar-refractivity contribution in [1.29, 1.82) is 0 Å². The number of likely N-dealkylation sites (tertiary alicyclic amines) is 1. The predicted molar refractivity (Wildman–Crippen MR) is 75.2 cm³/mol. The maximum atomic E-state index is 12.3. The number of nitrogens with zero attached hydrogens (tertiary/aromatic N) is 2. The van der Waals surface area contributed by atoms with Gasteiger partial charge in [-0.15, -0.1) is 0 Å². The van der Waals surface area contributed by atoms with Gasteiger partial charge in [-0.25, -0.2) is 4.98 Å². The Hall–Kier alpha value is -1.66. The Kier molecular flexibility index (Phi) is 4.36. The van der Waals surface area contributed by atoms with Gasteiger partial charge in [0.25, 0.3) is 5.91 Å². The molecule has 2 saturated heterocycles. The topological polar surface area (TPSA) is 71.9 Å². The maximum Gasteiger partial charge on any atom is 0.255 e. The van der Waals surface area contributed by atoms with Crippen LogP contribution in [0.2, 0.25) is 0 Å². The van der Waals surface area contributed by atoms with Crippen molar-refractivity contribution in [3.05, 3.63) is 23.9 Å². The zero-order chi connectivity index (χ0) is 14.7. The van der Waals surface area contributed by atoms with Gasteiger partial charge in [-0.1, -0.05) is 0 Å². The number of aromatic nitrogens is 1. The van der Waals surface area contributed by atoms with Gasteiger partial charge in [-0.3, -0.25) is 4.79 Å². The number of rotatable bonds is 3. The van der Waals surface area contributed by atoms with Crippen LogP contribution in [-0.4, -0.2) is 59.4 Å². The molecule has 3 rings (SSSR count). The third-order valence-electron chi connectivity index (χ3n) is 3.91. The van der Waals surface area contributed by atoms with Crippen LogP contribution >= 0.6 is 0 Å². The normalized spacial score (nSPS) is 23.3. The molecule has 0 unspecified atom stereocenters. The smallest absolute Gasteiger partial charge is 0.255 e. The quantitative estimate of drug-likeness (QED) is 0.894. The third kappa shape index (κ3) is 3.51. The number of carbonyl (C=O) groups is 1. The molecule has 3 heterocycles. The van der Waals surface area contributed by atoms with Gasteiger partial charge < -0.3 is 19.5 Å². The minimum atomic E-state index is -0.281. The number of pyridine rings is 1. The van der Waals surface area contributed by atoms with E-state index in [1.165, 1.54) is 0 Å². The number of aliphatic hydroxyl groups excluding tert-OH is 1. The van der Waals surface area contributed by atoms with Gasteiger partial charge in [-0.2, -0.15) is 0 Å². The molecule has 2 fully saturated rings. The van der Waals surface area contributed by atoms with E-state index in [4.69, 9.17) is 9.47 Å². The first kappa shape index (κ1) is 14.3. The third-order valence-corrected chi connectivity index (χ3v) is 3.91. The Morgan fingerprint density at radius 3 is 2.76 bits per heavy atom. The molecule has 2 aliphatic rings. The van der Waals surface area contributed by atoms with Gasteiger partial charge in [0.1, 0.15) is 6.10 Å². The molecule has 1 N–H and O–H groups in total. The van der Waals surface area contributed by atoms with Crippen LogP contribution in [-0.2, 0) is 4.74 Å². The molecule has 6 heteroatoms. The minimum Gasteiger partial charge on any atom is -0.472 e. The number of piperidine rings is 1. The highest BCUT2D eigenvalue weighted by Gasteiger charge is 2.23. The summed E-state index contributed by atoms with van der Waals surface area (Å²) >= 11 is 0. The highest BCUT2D eigenvalue weighted by molar-refractivity contribution is 5.94. The van der Waals surface area contributed by atoms with Crippen LogP contribution in [0, 0.1) is 0 Å². The van der Waals surface area contributed by atoms with Crippen molar-refractivity contribution in [3.63, 3.8) is 0 Å². The Morgan fingerprint density at radius 1 is 1.33 bits per heavy atom. The second kappa shape index (κ2) is 6.41. The van der Waals surface area contributed by atoms with Crippen molar-refractivity contribution in [1.82, 2.24) is 9.88 Å². The lowest BCUT2D eigenvalue weighted by Gasteiger charge is -2.29. The number of carbonyl (C=O) groups excluding carboxylic acids is 1. The van der Waals surface area contributed by atoms with E-state index in [1.807, 2.05) is 0 Å². The molecule has 1 atom stereocenters. The summed E-state index contributed by atoms with van der Waals surface area (Å²) in [6.45, 7) is 2.51. The molecule has 1 aromatic rings. The lowest BCUT2D eigenvalue weighted by atomic mass is 10.1. The number of hydrogen-bond acceptors (Lipinski definition) is 5. The largest absolute Gasteiger partial charge is 0.472 e. The fraction of sp³-hybridized carbons (Fsp3) is 0.600. The molecule has 0 radical (unpaired) electrons. The monoisotopic (exact) mass is 292 g/mol. The highest BCUT2D eigenvalue weighted by atomic mass is 16.5. The summed E-state index contributed by atoms with van der Waals surface area (Å²) in [6.07, 6.45) is 3.49. The Labute approximate surface area is 123 Å². The zero-order valence-electron chi connectivity index (χ0n) is 11.9. The summed E-state index contributed by atoms with van der Waals surface area (Å²) in [5.74, 6) is 0.487. The maximum absolute atomic E-state index is 12.3. The molecule has 0 spiro atoms. The second-order valence-corrected chi connectivity index (χ2v) is 5.51. The van der Waals surface area contributed by atoms with Crippen LogP contribution < -0.4 is 4.74 Å². The molecule has 6 nitrogen and oxygen atoms in total. The lowest BCUT2D eigenvalue weighted by Crippen LogP contribution is -2.40. The molecule has 1 aromatic heterocycles. The summed E-state index contributed by atoms with van der Waals surface area (Å²) in [5.41, 5.74) is 0.557. The van der Waals surface area contributed by atoms with Gasteiger partial charge in [-0.05, 0) is 18.9 Å². The van der Waals surface area contributed by atoms with Gasteiger partial charge in [0, 0.05) is 31.8 Å². The van der Waals surface area contributed by atoms with Crippen molar-refractivity contribution in [2.45, 2.75) is 31.5 Å². The van der Waals surface area contributed by atoms with Crippen LogP contribution in [0.5, 0.6) is 5.88 Å². The molecule has 2 aliphatic heterocycles. The van der Waals surface area contributed by atoms with Gasteiger partial charge in [0.2, 0.25) is 5.88 Å². The number of aliphatic hydroxyl groups is 1. The first-order chi connectivity index (χ1) is 10.2. The van der Waals surface area contributed by atoms with Crippen molar-refractivity contribution in [3.8, 4) is 5.88 Å². The Bertz CT molecular complexity index is 477. The van der Waals surface area contributed by atoms with Crippen molar-refractivity contribution < 1.29 is 19.4 Å². The molecule has 0 aromatic carbocycles. The molecule has 0 aliphatic carbocycles. The average molecular weight is 292 g/mol. The van der Waals surface area contributed by atoms with Crippen LogP contribution in [0.1, 0.15) is 29.6 Å². The van der Waals surface area contributed by atoms with E-state index in [0.29, 0.717) is 44.0 Å². The zero-order valence-corrected chi connectivity index (χ0v) is 11.9. The van der Waals surface area contributed by atoms with Crippen molar-refractivity contribution in [2.24, 2.45) is 0 Å². The minimum absolute atomic E-state index is 0.0369. The number of hydrogen-bond donors (Lipinski definition) is 1. The standard InChI is InChI=1S/C15H20N2O4/c18-12-3-6-17(7-4-12)15(19)11-1-2-14(16-9-11)21-13-5-8-20-10-13/h1-2,9,12-13,18H,3-8,10H2/t13-/m1/s1. The summed E-state index contributed by atoms with van der Waals surface area (Å²) in [4.78, 5) is 18.3. The van der Waals surface area contributed by atoms with Crippen LogP contribution in [0.25, 0.3) is 0 Å². The fourth-order valence-corrected chi connectivity index (χ4v) is 2.60. The first-order valence-electron chi connectivity index (χ1n) is 7.40. The van der Waals surface area contributed by atoms with E-state index < -0.39 is 0 Å². The number of amides is 1. The molecule has 21 heavy (non-hydrogen) atoms. The van der Waals surface area contributed by atoms with E-state index >= 15 is 0 Å². The summed E-state index contributed by atoms with van der Waals surface area (Å²) in [6, 6.07) is 3.47. The Morgan fingerprint density at radius 2 is 2.14 bits per heavy atom. The lowest BCUT2D eigenvalue weighted by molar-refractivity contribution is 0.0546. The summed E-state index contributed by atoms with van der Waals surface area (Å²) in [7, 11) is 0. The number of ether oxygens (including phenoxy) is 2. The Balaban J connectivity index is 1.59. The van der Waals surface area contributed by atoms with E-state index in [0.717, 1.165) is 13.0 Å². The van der Waals surface area contributed by atoms with E-state index in [2.05, 4.69) is 4.98 Å². The molecular weight excluding hydrogens is 272 g/mol. The predicted octanol–water partition coefficient (Wildman–Crippen LogP) is 0.846. The van der Waals surface area contributed by atoms with Gasteiger partial charge in [0.05, 0.1) is 24.9 Å². The van der Waals surface area contributed by atoms with Crippen molar-refractivity contribution >= 4 is 5.91 Å². The van der Waals surface area contributed by atoms with E-state index in [1.54, 1.807) is 23.2 Å². The van der Waals surface area contributed by atoms with Gasteiger partial charge in [0.15, 0.2) is 0 Å². The molecule has 0 saturated carbocycles. The molecule has 0 bridgehead atoms. The molecular formula is C15H20N2O4. The highest BCUT2D eigenvalue weighted by Crippen LogP contribution is 2.17. The SMILES string of the molecule is O=C(c1ccc(O[C@@H]2CCOC2)nc1)N1CCC(O)CC1. The van der Waals surface area contributed by atoms with E-state index in [9.17, 15) is 9.90 Å². The first-order valence-corrected chi connectivity index (χ1v) is 7.40. The van der Waals surface area contributed by atoms with Crippen LogP contribution in [0.4, 0.5) is 0 Å². The average Bonchev–Trinajstić information content (AvgIpc) is 3.01. The van der Waals surface area contributed by atoms with Crippen LogP contribution in [0.15, 0.2) is 18.3 Å². The second-order valence-electron chi connectivity index (χ2n) is 5.51. The fourth-order valence-electron chi connectivity index (χ4n) is 2.60. The van der Waals surface area contributed by atoms with Gasteiger partial charge >= 0.3 is 0 Å². The molecule has 114 valence electrons. The van der Waals surface area contributed by atoms with Crippen molar-refractivity contribution in [2.75, 3.05) is 26.3 Å². The summed E-state index contributed by atoms with van der Waals surface area (Å²) < 4.78 is 10.9. The van der Waals surface area contributed by atoms with Crippen LogP contribution in [0.3, 0.4) is 0 Å². The molecule has 1 amide bonds. The van der Waals surface area contributed by atoms with E-state index in [-0.39, 0.29) is 18.1 Å².